The molecule has 1 aliphatic carbocycles. The van der Waals surface area contributed by atoms with Crippen LogP contribution in [0.5, 0.6) is 0 Å². The van der Waals surface area contributed by atoms with Crippen LogP contribution in [0.3, 0.4) is 0 Å². The first-order chi connectivity index (χ1) is 14.9. The highest BCUT2D eigenvalue weighted by atomic mass is 35.5. The van der Waals surface area contributed by atoms with Crippen LogP contribution in [-0.4, -0.2) is 4.98 Å². The summed E-state index contributed by atoms with van der Waals surface area (Å²) in [5.41, 5.74) is 8.00. The Morgan fingerprint density at radius 2 is 1.61 bits per heavy atom. The van der Waals surface area contributed by atoms with Crippen molar-refractivity contribution in [3.63, 3.8) is 0 Å². The average Bonchev–Trinajstić information content (AvgIpc) is 2.77. The van der Waals surface area contributed by atoms with Crippen LogP contribution in [0.4, 0.5) is 0 Å². The molecular formula is C27H27ClN2S. The van der Waals surface area contributed by atoms with Gasteiger partial charge in [-0.05, 0) is 65.5 Å². The number of hydrogen-bond acceptors (Lipinski definition) is 3. The highest BCUT2D eigenvalue weighted by Gasteiger charge is 2.23. The topological polar surface area (TPSA) is 36.7 Å². The van der Waals surface area contributed by atoms with Crippen LogP contribution < -0.4 is 0 Å². The van der Waals surface area contributed by atoms with Gasteiger partial charge in [0, 0.05) is 16.3 Å². The molecule has 0 spiro atoms. The molecule has 158 valence electrons. The molecule has 3 aromatic rings. The van der Waals surface area contributed by atoms with E-state index in [4.69, 9.17) is 16.6 Å². The number of benzene rings is 2. The molecule has 1 aliphatic rings. The zero-order valence-electron chi connectivity index (χ0n) is 18.3. The van der Waals surface area contributed by atoms with Gasteiger partial charge >= 0.3 is 0 Å². The molecule has 0 saturated heterocycles. The van der Waals surface area contributed by atoms with Crippen LogP contribution in [0, 0.1) is 11.3 Å². The van der Waals surface area contributed by atoms with E-state index in [0.29, 0.717) is 0 Å². The summed E-state index contributed by atoms with van der Waals surface area (Å²) in [6.07, 6.45) is 4.21. The SMILES string of the molecule is CC(C)(C)c1ccc(CSc2nc(-c3ccc(Cl)cc3)c3c(c2C#N)CCCC3)cc1. The van der Waals surface area contributed by atoms with E-state index in [2.05, 4.69) is 51.1 Å². The first-order valence-corrected chi connectivity index (χ1v) is 12.2. The normalized spacial score (nSPS) is 13.5. The van der Waals surface area contributed by atoms with Gasteiger partial charge in [-0.1, -0.05) is 68.8 Å². The summed E-state index contributed by atoms with van der Waals surface area (Å²) < 4.78 is 0. The van der Waals surface area contributed by atoms with Gasteiger partial charge in [-0.3, -0.25) is 0 Å². The summed E-state index contributed by atoms with van der Waals surface area (Å²) in [5, 5.41) is 11.5. The Kier molecular flexibility index (Phi) is 6.42. The summed E-state index contributed by atoms with van der Waals surface area (Å²) in [5.74, 6) is 0.797. The molecule has 0 unspecified atom stereocenters. The third-order valence-electron chi connectivity index (χ3n) is 5.91. The molecule has 0 bridgehead atoms. The van der Waals surface area contributed by atoms with Gasteiger partial charge in [0.1, 0.15) is 11.1 Å². The first-order valence-electron chi connectivity index (χ1n) is 10.8. The van der Waals surface area contributed by atoms with E-state index in [1.54, 1.807) is 11.8 Å². The number of nitrogens with zero attached hydrogens (tertiary/aromatic N) is 2. The zero-order chi connectivity index (χ0) is 22.0. The molecule has 0 aliphatic heterocycles. The predicted octanol–water partition coefficient (Wildman–Crippen LogP) is 7.74. The minimum atomic E-state index is 0.146. The lowest BCUT2D eigenvalue weighted by molar-refractivity contribution is 0.590. The molecule has 2 aromatic carbocycles. The largest absolute Gasteiger partial charge is 0.240 e. The fourth-order valence-corrected chi connectivity index (χ4v) is 5.21. The summed E-state index contributed by atoms with van der Waals surface area (Å²) in [7, 11) is 0. The molecule has 1 aromatic heterocycles. The monoisotopic (exact) mass is 446 g/mol. The highest BCUT2D eigenvalue weighted by Crippen LogP contribution is 2.37. The Balaban J connectivity index is 1.69. The van der Waals surface area contributed by atoms with Crippen LogP contribution in [0.25, 0.3) is 11.3 Å². The minimum absolute atomic E-state index is 0.146. The second-order valence-electron chi connectivity index (χ2n) is 9.16. The van der Waals surface area contributed by atoms with Gasteiger partial charge in [-0.25, -0.2) is 4.98 Å². The first kappa shape index (κ1) is 21.9. The molecule has 0 radical (unpaired) electrons. The van der Waals surface area contributed by atoms with Crippen molar-refractivity contribution in [1.82, 2.24) is 4.98 Å². The number of hydrogen-bond donors (Lipinski definition) is 0. The van der Waals surface area contributed by atoms with Crippen LogP contribution in [0.15, 0.2) is 53.6 Å². The van der Waals surface area contributed by atoms with Crippen molar-refractivity contribution in [2.75, 3.05) is 0 Å². The number of pyridine rings is 1. The van der Waals surface area contributed by atoms with Gasteiger partial charge in [-0.2, -0.15) is 5.26 Å². The van der Waals surface area contributed by atoms with Crippen molar-refractivity contribution < 1.29 is 0 Å². The standard InChI is InChI=1S/C27H27ClN2S/c1-27(2,3)20-12-8-18(9-13-20)17-31-26-24(16-29)22-6-4-5-7-23(22)25(30-26)19-10-14-21(28)15-11-19/h8-15H,4-7,17H2,1-3H3. The molecular weight excluding hydrogens is 420 g/mol. The second kappa shape index (κ2) is 9.07. The quantitative estimate of drug-likeness (QED) is 0.384. The number of halogens is 1. The molecule has 0 atom stereocenters. The van der Waals surface area contributed by atoms with Crippen molar-refractivity contribution in [3.05, 3.63) is 81.4 Å². The molecule has 0 saturated carbocycles. The third kappa shape index (κ3) is 4.81. The molecule has 0 fully saturated rings. The van der Waals surface area contributed by atoms with Gasteiger partial charge < -0.3 is 0 Å². The second-order valence-corrected chi connectivity index (χ2v) is 10.6. The highest BCUT2D eigenvalue weighted by molar-refractivity contribution is 7.98. The minimum Gasteiger partial charge on any atom is -0.240 e. The van der Waals surface area contributed by atoms with Gasteiger partial charge in [-0.15, -0.1) is 11.8 Å². The van der Waals surface area contributed by atoms with Gasteiger partial charge in [0.15, 0.2) is 0 Å². The number of nitriles is 1. The molecule has 0 N–H and O–H groups in total. The van der Waals surface area contributed by atoms with Gasteiger partial charge in [0.25, 0.3) is 0 Å². The Bertz CT molecular complexity index is 1120. The van der Waals surface area contributed by atoms with Crippen LogP contribution in [0.2, 0.25) is 5.02 Å². The number of aromatic nitrogens is 1. The Morgan fingerprint density at radius 3 is 2.23 bits per heavy atom. The smallest absolute Gasteiger partial charge is 0.115 e. The van der Waals surface area contributed by atoms with Crippen molar-refractivity contribution in [1.29, 1.82) is 5.26 Å². The maximum Gasteiger partial charge on any atom is 0.115 e. The van der Waals surface area contributed by atoms with Crippen LogP contribution in [0.1, 0.15) is 61.4 Å². The van der Waals surface area contributed by atoms with E-state index in [9.17, 15) is 5.26 Å². The zero-order valence-corrected chi connectivity index (χ0v) is 19.9. The fourth-order valence-electron chi connectivity index (χ4n) is 4.12. The van der Waals surface area contributed by atoms with Crippen molar-refractivity contribution in [3.8, 4) is 17.3 Å². The number of rotatable bonds is 4. The van der Waals surface area contributed by atoms with E-state index >= 15 is 0 Å². The van der Waals surface area contributed by atoms with E-state index < -0.39 is 0 Å². The lowest BCUT2D eigenvalue weighted by Gasteiger charge is -2.22. The maximum atomic E-state index is 9.97. The van der Waals surface area contributed by atoms with Crippen molar-refractivity contribution in [2.24, 2.45) is 0 Å². The third-order valence-corrected chi connectivity index (χ3v) is 7.21. The summed E-state index contributed by atoms with van der Waals surface area (Å²) in [4.78, 5) is 5.03. The molecule has 0 amide bonds. The van der Waals surface area contributed by atoms with Crippen LogP contribution >= 0.6 is 23.4 Å². The molecule has 4 rings (SSSR count). The Hall–Kier alpha value is -2.28. The van der Waals surface area contributed by atoms with Gasteiger partial charge in [0.2, 0.25) is 0 Å². The number of thioether (sulfide) groups is 1. The van der Waals surface area contributed by atoms with E-state index in [0.717, 1.165) is 58.3 Å². The average molecular weight is 447 g/mol. The van der Waals surface area contributed by atoms with E-state index in [1.165, 1.54) is 22.3 Å². The molecule has 2 nitrogen and oxygen atoms in total. The molecule has 31 heavy (non-hydrogen) atoms. The van der Waals surface area contributed by atoms with Crippen molar-refractivity contribution in [2.45, 2.75) is 62.6 Å². The summed E-state index contributed by atoms with van der Waals surface area (Å²) in [6, 6.07) is 19.2. The Morgan fingerprint density at radius 1 is 0.968 bits per heavy atom. The number of fused-ring (bicyclic) bond motifs is 1. The maximum absolute atomic E-state index is 9.97. The van der Waals surface area contributed by atoms with Crippen LogP contribution in [-0.2, 0) is 24.0 Å². The molecule has 4 heteroatoms. The predicted molar refractivity (Wildman–Crippen MR) is 131 cm³/mol. The summed E-state index contributed by atoms with van der Waals surface area (Å²) >= 11 is 7.77. The lowest BCUT2D eigenvalue weighted by atomic mass is 9.86. The fraction of sp³-hybridized carbons (Fsp3) is 0.333. The molecule has 1 heterocycles. The Labute approximate surface area is 194 Å². The van der Waals surface area contributed by atoms with Crippen molar-refractivity contribution >= 4 is 23.4 Å². The van der Waals surface area contributed by atoms with Gasteiger partial charge in [0.05, 0.1) is 11.3 Å². The van der Waals surface area contributed by atoms with E-state index in [1.807, 2.05) is 24.3 Å². The lowest BCUT2D eigenvalue weighted by Crippen LogP contribution is -2.11. The van der Waals surface area contributed by atoms with E-state index in [-0.39, 0.29) is 5.41 Å². The summed E-state index contributed by atoms with van der Waals surface area (Å²) in [6.45, 7) is 6.68.